The number of carbonyl (C=O) groups excluding carboxylic acids is 2. The van der Waals surface area contributed by atoms with Gasteiger partial charge in [-0.2, -0.15) is 0 Å². The second kappa shape index (κ2) is 14.9. The number of hydrogen-bond donors (Lipinski definition) is 2. The van der Waals surface area contributed by atoms with Gasteiger partial charge in [0.1, 0.15) is 0 Å². The summed E-state index contributed by atoms with van der Waals surface area (Å²) in [6, 6.07) is 7.16. The second-order valence-corrected chi connectivity index (χ2v) is 8.02. The van der Waals surface area contributed by atoms with Gasteiger partial charge in [0, 0.05) is 23.9 Å². The normalized spacial score (nSPS) is 10.6. The number of ether oxygens (including phenoxy) is 4. The van der Waals surface area contributed by atoms with Crippen LogP contribution in [0.4, 0.5) is 9.59 Å². The molecule has 2 amide bonds. The number of amides is 2. The van der Waals surface area contributed by atoms with Crippen LogP contribution in [0, 0.1) is 0 Å². The Morgan fingerprint density at radius 2 is 1.06 bits per heavy atom. The minimum atomic E-state index is -0.583. The van der Waals surface area contributed by atoms with Gasteiger partial charge in [0.05, 0.1) is 14.2 Å². The molecular weight excluding hydrogens is 436 g/mol. The fourth-order valence-electron chi connectivity index (χ4n) is 3.65. The van der Waals surface area contributed by atoms with Crippen LogP contribution in [0.2, 0.25) is 0 Å². The molecule has 0 aromatic heterocycles. The SMILES string of the molecule is CCCCCCNC(=O)Oc1c(OC)c(OC)c(OC(=O)NCCCCCC)c2ccccc12. The summed E-state index contributed by atoms with van der Waals surface area (Å²) < 4.78 is 22.4. The number of unbranched alkanes of at least 4 members (excludes halogenated alkanes) is 6. The summed E-state index contributed by atoms with van der Waals surface area (Å²) in [7, 11) is 2.89. The van der Waals surface area contributed by atoms with Crippen LogP contribution in [0.5, 0.6) is 23.0 Å². The lowest BCUT2D eigenvalue weighted by molar-refractivity contribution is 0.194. The summed E-state index contributed by atoms with van der Waals surface area (Å²) in [5.41, 5.74) is 0. The molecular formula is C26H38N2O6. The van der Waals surface area contributed by atoms with Crippen LogP contribution in [0.25, 0.3) is 10.8 Å². The highest BCUT2D eigenvalue weighted by Crippen LogP contribution is 2.51. The number of carbonyl (C=O) groups is 2. The van der Waals surface area contributed by atoms with Crippen LogP contribution in [-0.4, -0.2) is 39.5 Å². The summed E-state index contributed by atoms with van der Waals surface area (Å²) in [5, 5.41) is 6.67. The molecule has 0 fully saturated rings. The van der Waals surface area contributed by atoms with Gasteiger partial charge < -0.3 is 29.6 Å². The van der Waals surface area contributed by atoms with Gasteiger partial charge in [-0.05, 0) is 12.8 Å². The van der Waals surface area contributed by atoms with Gasteiger partial charge in [-0.15, -0.1) is 0 Å². The van der Waals surface area contributed by atoms with Crippen molar-refractivity contribution in [3.8, 4) is 23.0 Å². The fraction of sp³-hybridized carbons (Fsp3) is 0.538. The van der Waals surface area contributed by atoms with E-state index in [1.165, 1.54) is 14.2 Å². The lowest BCUT2D eigenvalue weighted by Gasteiger charge is -2.19. The van der Waals surface area contributed by atoms with Crippen molar-refractivity contribution >= 4 is 23.0 Å². The summed E-state index contributed by atoms with van der Waals surface area (Å²) in [5.74, 6) is 0.753. The molecule has 0 saturated heterocycles. The van der Waals surface area contributed by atoms with Crippen molar-refractivity contribution in [3.63, 3.8) is 0 Å². The molecule has 0 aliphatic heterocycles. The van der Waals surface area contributed by atoms with Crippen LogP contribution in [0.1, 0.15) is 65.2 Å². The zero-order valence-corrected chi connectivity index (χ0v) is 20.8. The fourth-order valence-corrected chi connectivity index (χ4v) is 3.65. The van der Waals surface area contributed by atoms with Gasteiger partial charge in [-0.25, -0.2) is 9.59 Å². The third-order valence-electron chi connectivity index (χ3n) is 5.43. The Hall–Kier alpha value is -3.16. The zero-order valence-electron chi connectivity index (χ0n) is 20.8. The van der Waals surface area contributed by atoms with E-state index in [1.807, 2.05) is 0 Å². The molecule has 2 rings (SSSR count). The Kier molecular flexibility index (Phi) is 11.9. The molecule has 0 atom stereocenters. The van der Waals surface area contributed by atoms with Crippen molar-refractivity contribution in [2.75, 3.05) is 27.3 Å². The van der Waals surface area contributed by atoms with E-state index >= 15 is 0 Å². The van der Waals surface area contributed by atoms with Crippen molar-refractivity contribution in [1.82, 2.24) is 10.6 Å². The molecule has 0 aliphatic carbocycles. The van der Waals surface area contributed by atoms with Crippen LogP contribution < -0.4 is 29.6 Å². The number of hydrogen-bond acceptors (Lipinski definition) is 6. The monoisotopic (exact) mass is 474 g/mol. The van der Waals surface area contributed by atoms with E-state index in [1.54, 1.807) is 24.3 Å². The molecule has 8 nitrogen and oxygen atoms in total. The summed E-state index contributed by atoms with van der Waals surface area (Å²) in [6.45, 7) is 5.32. The highest BCUT2D eigenvalue weighted by Gasteiger charge is 2.26. The molecule has 2 aromatic carbocycles. The van der Waals surface area contributed by atoms with Crippen molar-refractivity contribution in [2.24, 2.45) is 0 Å². The first-order chi connectivity index (χ1) is 16.6. The van der Waals surface area contributed by atoms with E-state index in [-0.39, 0.29) is 23.0 Å². The van der Waals surface area contributed by atoms with Crippen LogP contribution in [-0.2, 0) is 0 Å². The minimum Gasteiger partial charge on any atom is -0.490 e. The van der Waals surface area contributed by atoms with Crippen LogP contribution in [0.15, 0.2) is 24.3 Å². The molecule has 0 saturated carbocycles. The molecule has 0 heterocycles. The lowest BCUT2D eigenvalue weighted by Crippen LogP contribution is -2.28. The van der Waals surface area contributed by atoms with E-state index < -0.39 is 12.2 Å². The second-order valence-electron chi connectivity index (χ2n) is 8.02. The maximum atomic E-state index is 12.5. The zero-order chi connectivity index (χ0) is 24.8. The van der Waals surface area contributed by atoms with E-state index in [2.05, 4.69) is 24.5 Å². The first-order valence-corrected chi connectivity index (χ1v) is 12.1. The molecule has 0 unspecified atom stereocenters. The van der Waals surface area contributed by atoms with Crippen molar-refractivity contribution in [3.05, 3.63) is 24.3 Å². The highest BCUT2D eigenvalue weighted by molar-refractivity contribution is 6.01. The largest absolute Gasteiger partial charge is 0.490 e. The van der Waals surface area contributed by atoms with Crippen molar-refractivity contribution in [1.29, 1.82) is 0 Å². The molecule has 34 heavy (non-hydrogen) atoms. The summed E-state index contributed by atoms with van der Waals surface area (Å²) in [4.78, 5) is 25.0. The molecule has 0 bridgehead atoms. The molecule has 8 heteroatoms. The number of rotatable bonds is 14. The summed E-state index contributed by atoms with van der Waals surface area (Å²) >= 11 is 0. The third-order valence-corrected chi connectivity index (χ3v) is 5.43. The predicted molar refractivity (Wildman–Crippen MR) is 133 cm³/mol. The number of benzene rings is 2. The van der Waals surface area contributed by atoms with Crippen LogP contribution in [0.3, 0.4) is 0 Å². The van der Waals surface area contributed by atoms with Gasteiger partial charge in [0.15, 0.2) is 11.5 Å². The van der Waals surface area contributed by atoms with Crippen molar-refractivity contribution < 1.29 is 28.5 Å². The maximum Gasteiger partial charge on any atom is 0.412 e. The summed E-state index contributed by atoms with van der Waals surface area (Å²) in [6.07, 6.45) is 7.18. The Labute approximate surface area is 202 Å². The Morgan fingerprint density at radius 1 is 0.647 bits per heavy atom. The number of methoxy groups -OCH3 is 2. The van der Waals surface area contributed by atoms with Gasteiger partial charge >= 0.3 is 12.2 Å². The quantitative estimate of drug-likeness (QED) is 0.317. The van der Waals surface area contributed by atoms with E-state index in [0.717, 1.165) is 51.4 Å². The minimum absolute atomic E-state index is 0.174. The topological polar surface area (TPSA) is 95.1 Å². The Balaban J connectivity index is 2.26. The van der Waals surface area contributed by atoms with Crippen molar-refractivity contribution in [2.45, 2.75) is 65.2 Å². The Morgan fingerprint density at radius 3 is 1.41 bits per heavy atom. The van der Waals surface area contributed by atoms with Gasteiger partial charge in [-0.3, -0.25) is 0 Å². The molecule has 0 aliphatic rings. The average molecular weight is 475 g/mol. The first kappa shape index (κ1) is 27.1. The highest BCUT2D eigenvalue weighted by atomic mass is 16.6. The molecule has 188 valence electrons. The standard InChI is InChI=1S/C26H38N2O6/c1-5-7-9-13-17-27-25(29)33-21-19-15-11-12-16-20(19)22(24(32-4)23(21)31-3)34-26(30)28-18-14-10-8-6-2/h11-12,15-16H,5-10,13-14,17-18H2,1-4H3,(H,27,29)(H,28,30). The Bertz CT molecular complexity index is 857. The van der Waals surface area contributed by atoms with Gasteiger partial charge in [0.25, 0.3) is 0 Å². The third kappa shape index (κ3) is 7.71. The van der Waals surface area contributed by atoms with Gasteiger partial charge in [0.2, 0.25) is 11.5 Å². The number of nitrogens with one attached hydrogen (secondary N) is 2. The molecule has 2 N–H and O–H groups in total. The molecule has 2 aromatic rings. The van der Waals surface area contributed by atoms with Crippen LogP contribution >= 0.6 is 0 Å². The molecule has 0 spiro atoms. The first-order valence-electron chi connectivity index (χ1n) is 12.1. The number of fused-ring (bicyclic) bond motifs is 1. The lowest BCUT2D eigenvalue weighted by atomic mass is 10.1. The average Bonchev–Trinajstić information content (AvgIpc) is 2.84. The molecule has 0 radical (unpaired) electrons. The van der Waals surface area contributed by atoms with Gasteiger partial charge in [-0.1, -0.05) is 76.6 Å². The van der Waals surface area contributed by atoms with E-state index in [9.17, 15) is 9.59 Å². The predicted octanol–water partition coefficient (Wildman–Crippen LogP) is 6.19. The van der Waals surface area contributed by atoms with E-state index in [0.29, 0.717) is 23.9 Å². The smallest absolute Gasteiger partial charge is 0.412 e. The maximum absolute atomic E-state index is 12.5. The van der Waals surface area contributed by atoms with E-state index in [4.69, 9.17) is 18.9 Å².